The first-order chi connectivity index (χ1) is 18.3. The SMILES string of the molecule is [C-]#[N+]c1ncc(N2C(=O)C3(CCC3)N(c3ccc(C(=O)NCCCN4CCCC4=O)c(F)c3)C2=S)cc1C. The zero-order valence-electron chi connectivity index (χ0n) is 21.0. The van der Waals surface area contributed by atoms with Crippen molar-refractivity contribution in [2.75, 3.05) is 29.4 Å². The number of hydrogen-bond acceptors (Lipinski definition) is 5. The van der Waals surface area contributed by atoms with Crippen LogP contribution in [0.4, 0.5) is 21.6 Å². The van der Waals surface area contributed by atoms with Crippen LogP contribution < -0.4 is 15.1 Å². The minimum absolute atomic E-state index is 0.100. The van der Waals surface area contributed by atoms with E-state index in [0.717, 1.165) is 19.4 Å². The van der Waals surface area contributed by atoms with Crippen LogP contribution in [0.25, 0.3) is 4.85 Å². The highest BCUT2D eigenvalue weighted by atomic mass is 32.1. The van der Waals surface area contributed by atoms with E-state index in [0.29, 0.717) is 55.7 Å². The number of thiocarbonyl (C=S) groups is 1. The van der Waals surface area contributed by atoms with Crippen molar-refractivity contribution < 1.29 is 18.8 Å². The molecule has 2 saturated heterocycles. The summed E-state index contributed by atoms with van der Waals surface area (Å²) in [5.74, 6) is -1.07. The molecule has 3 aliphatic rings. The molecule has 0 radical (unpaired) electrons. The van der Waals surface area contributed by atoms with Gasteiger partial charge in [-0.1, -0.05) is 6.57 Å². The molecule has 3 fully saturated rings. The van der Waals surface area contributed by atoms with E-state index in [9.17, 15) is 14.4 Å². The predicted molar refractivity (Wildman–Crippen MR) is 144 cm³/mol. The second kappa shape index (κ2) is 10.1. The minimum Gasteiger partial charge on any atom is -0.360 e. The van der Waals surface area contributed by atoms with Crippen LogP contribution in [0.3, 0.4) is 0 Å². The van der Waals surface area contributed by atoms with Crippen LogP contribution >= 0.6 is 12.2 Å². The van der Waals surface area contributed by atoms with Gasteiger partial charge in [0.2, 0.25) is 5.91 Å². The number of pyridine rings is 1. The molecule has 1 aromatic carbocycles. The van der Waals surface area contributed by atoms with Crippen molar-refractivity contribution >= 4 is 52.2 Å². The maximum Gasteiger partial charge on any atom is 0.272 e. The van der Waals surface area contributed by atoms with Gasteiger partial charge in [-0.2, -0.15) is 0 Å². The Morgan fingerprint density at radius 1 is 1.24 bits per heavy atom. The van der Waals surface area contributed by atoms with Crippen LogP contribution in [0.2, 0.25) is 0 Å². The number of hydrogen-bond donors (Lipinski definition) is 1. The number of aromatic nitrogens is 1. The van der Waals surface area contributed by atoms with Gasteiger partial charge in [0.1, 0.15) is 17.6 Å². The number of amides is 3. The van der Waals surface area contributed by atoms with Crippen molar-refractivity contribution in [3.63, 3.8) is 0 Å². The molecule has 1 aromatic heterocycles. The Labute approximate surface area is 225 Å². The Bertz CT molecular complexity index is 1390. The second-order valence-corrected chi connectivity index (χ2v) is 10.2. The van der Waals surface area contributed by atoms with E-state index in [4.69, 9.17) is 18.8 Å². The summed E-state index contributed by atoms with van der Waals surface area (Å²) < 4.78 is 15.2. The lowest BCUT2D eigenvalue weighted by molar-refractivity contribution is -0.127. The Kier molecular flexibility index (Phi) is 6.84. The number of likely N-dealkylation sites (tertiary alicyclic amines) is 1. The lowest BCUT2D eigenvalue weighted by atomic mass is 9.75. The Morgan fingerprint density at radius 2 is 2.03 bits per heavy atom. The first kappa shape index (κ1) is 25.7. The van der Waals surface area contributed by atoms with E-state index in [2.05, 4.69) is 15.1 Å². The van der Waals surface area contributed by atoms with Crippen LogP contribution in [0.15, 0.2) is 30.5 Å². The fraction of sp³-hybridized carbons (Fsp3) is 0.407. The van der Waals surface area contributed by atoms with Crippen molar-refractivity contribution in [1.82, 2.24) is 15.2 Å². The van der Waals surface area contributed by atoms with Crippen molar-refractivity contribution in [3.8, 4) is 0 Å². The minimum atomic E-state index is -0.910. The van der Waals surface area contributed by atoms with E-state index >= 15 is 4.39 Å². The first-order valence-electron chi connectivity index (χ1n) is 12.7. The van der Waals surface area contributed by atoms with Gasteiger partial charge in [-0.25, -0.2) is 4.39 Å². The van der Waals surface area contributed by atoms with Gasteiger partial charge in [-0.15, -0.1) is 4.98 Å². The molecule has 3 heterocycles. The summed E-state index contributed by atoms with van der Waals surface area (Å²) in [6.45, 7) is 10.6. The maximum absolute atomic E-state index is 15.2. The quantitative estimate of drug-likeness (QED) is 0.330. The summed E-state index contributed by atoms with van der Waals surface area (Å²) in [4.78, 5) is 50.3. The lowest BCUT2D eigenvalue weighted by Gasteiger charge is -2.43. The largest absolute Gasteiger partial charge is 0.360 e. The third-order valence-electron chi connectivity index (χ3n) is 7.51. The van der Waals surface area contributed by atoms with E-state index in [-0.39, 0.29) is 28.3 Å². The molecular formula is C27H27FN6O3S. The van der Waals surface area contributed by atoms with Gasteiger partial charge in [-0.05, 0) is 81.1 Å². The molecule has 1 saturated carbocycles. The number of benzene rings is 1. The van der Waals surface area contributed by atoms with Gasteiger partial charge >= 0.3 is 0 Å². The third-order valence-corrected chi connectivity index (χ3v) is 7.88. The molecule has 1 aliphatic carbocycles. The summed E-state index contributed by atoms with van der Waals surface area (Å²) in [6.07, 6.45) is 5.44. The van der Waals surface area contributed by atoms with E-state index in [1.54, 1.807) is 28.9 Å². The Balaban J connectivity index is 1.32. The summed E-state index contributed by atoms with van der Waals surface area (Å²) in [6, 6.07) is 5.96. The number of nitrogens with zero attached hydrogens (tertiary/aromatic N) is 5. The molecule has 2 aliphatic heterocycles. The monoisotopic (exact) mass is 534 g/mol. The topological polar surface area (TPSA) is 90.2 Å². The Hall–Kier alpha value is -3.91. The van der Waals surface area contributed by atoms with Gasteiger partial charge < -0.3 is 20.0 Å². The van der Waals surface area contributed by atoms with Crippen molar-refractivity contribution in [2.24, 2.45) is 0 Å². The Morgan fingerprint density at radius 3 is 2.63 bits per heavy atom. The number of nitrogens with one attached hydrogen (secondary N) is 1. The molecule has 196 valence electrons. The fourth-order valence-electron chi connectivity index (χ4n) is 5.33. The highest BCUT2D eigenvalue weighted by molar-refractivity contribution is 7.81. The standard InChI is InChI=1S/C27H27FN6O3S/c1-17-14-19(16-31-23(17)29-2)33-25(37)27(9-4-10-27)34(26(33)38)18-7-8-20(21(28)15-18)24(36)30-11-5-13-32-12-3-6-22(32)35/h7-8,14-16H,3-6,9-13H2,1H3,(H,30,36). The molecule has 0 unspecified atom stereocenters. The number of carbonyl (C=O) groups is 3. The summed E-state index contributed by atoms with van der Waals surface area (Å²) in [5.41, 5.74) is 0.478. The molecule has 1 spiro atoms. The number of halogens is 1. The highest BCUT2D eigenvalue weighted by Crippen LogP contribution is 2.48. The van der Waals surface area contributed by atoms with E-state index < -0.39 is 17.3 Å². The summed E-state index contributed by atoms with van der Waals surface area (Å²) in [7, 11) is 0. The van der Waals surface area contributed by atoms with Crippen LogP contribution in [-0.4, -0.2) is 57.9 Å². The summed E-state index contributed by atoms with van der Waals surface area (Å²) >= 11 is 5.72. The molecular weight excluding hydrogens is 507 g/mol. The molecule has 9 nitrogen and oxygen atoms in total. The van der Waals surface area contributed by atoms with Gasteiger partial charge in [0.25, 0.3) is 17.6 Å². The maximum atomic E-state index is 15.2. The molecule has 11 heteroatoms. The molecule has 2 aromatic rings. The van der Waals surface area contributed by atoms with Crippen LogP contribution in [-0.2, 0) is 9.59 Å². The van der Waals surface area contributed by atoms with Gasteiger partial charge in [-0.3, -0.25) is 19.3 Å². The second-order valence-electron chi connectivity index (χ2n) is 9.85. The molecule has 0 atom stereocenters. The number of aryl methyl sites for hydroxylation is 1. The number of anilines is 2. The van der Waals surface area contributed by atoms with Gasteiger partial charge in [0.15, 0.2) is 5.11 Å². The average molecular weight is 535 g/mol. The van der Waals surface area contributed by atoms with Crippen LogP contribution in [0.5, 0.6) is 0 Å². The number of carbonyl (C=O) groups excluding carboxylic acids is 3. The highest BCUT2D eigenvalue weighted by Gasteiger charge is 2.59. The smallest absolute Gasteiger partial charge is 0.272 e. The van der Waals surface area contributed by atoms with E-state index in [1.807, 2.05) is 0 Å². The molecule has 38 heavy (non-hydrogen) atoms. The zero-order valence-corrected chi connectivity index (χ0v) is 21.8. The number of rotatable bonds is 7. The molecule has 5 rings (SSSR count). The van der Waals surface area contributed by atoms with Gasteiger partial charge in [0, 0.05) is 31.7 Å². The summed E-state index contributed by atoms with van der Waals surface area (Å²) in [5, 5.41) is 2.93. The third kappa shape index (κ3) is 4.28. The van der Waals surface area contributed by atoms with Crippen LogP contribution in [0, 0.1) is 19.3 Å². The van der Waals surface area contributed by atoms with Crippen molar-refractivity contribution in [2.45, 2.75) is 51.0 Å². The van der Waals surface area contributed by atoms with Crippen molar-refractivity contribution in [3.05, 3.63) is 58.8 Å². The molecule has 1 N–H and O–H groups in total. The van der Waals surface area contributed by atoms with Crippen LogP contribution in [0.1, 0.15) is 54.4 Å². The molecule has 0 bridgehead atoms. The van der Waals surface area contributed by atoms with Crippen molar-refractivity contribution in [1.29, 1.82) is 0 Å². The van der Waals surface area contributed by atoms with Gasteiger partial charge in [0.05, 0.1) is 11.3 Å². The zero-order chi connectivity index (χ0) is 27.0. The first-order valence-corrected chi connectivity index (χ1v) is 13.1. The predicted octanol–water partition coefficient (Wildman–Crippen LogP) is 3.88. The lowest BCUT2D eigenvalue weighted by Crippen LogP contribution is -2.55. The normalized spacial score (nSPS) is 18.2. The average Bonchev–Trinajstić information content (AvgIpc) is 3.38. The van der Waals surface area contributed by atoms with E-state index in [1.165, 1.54) is 23.2 Å². The molecule has 3 amide bonds. The fourth-order valence-corrected chi connectivity index (χ4v) is 5.80.